The predicted octanol–water partition coefficient (Wildman–Crippen LogP) is -0.388. The quantitative estimate of drug-likeness (QED) is 0.691. The molecule has 2 rings (SSSR count). The van der Waals surface area contributed by atoms with E-state index >= 15 is 0 Å². The minimum Gasteiger partial charge on any atom is -0.379 e. The summed E-state index contributed by atoms with van der Waals surface area (Å²) in [6, 6.07) is 0.656. The molecule has 0 aliphatic carbocycles. The molecule has 4 nitrogen and oxygen atoms in total. The van der Waals surface area contributed by atoms with Crippen LogP contribution in [-0.4, -0.2) is 74.9 Å². The maximum Gasteiger partial charge on any atom is 0.0594 e. The first kappa shape index (κ1) is 11.3. The molecule has 1 atom stereocenters. The molecular weight excluding hydrogens is 190 g/mol. The molecule has 4 heteroatoms. The highest BCUT2D eigenvalue weighted by Crippen LogP contribution is 2.01. The first-order valence-electron chi connectivity index (χ1n) is 6.10. The predicted molar refractivity (Wildman–Crippen MR) is 61.2 cm³/mol. The molecule has 2 aliphatic heterocycles. The molecule has 2 aliphatic rings. The van der Waals surface area contributed by atoms with Crippen molar-refractivity contribution in [2.75, 3.05) is 59.0 Å². The average Bonchev–Trinajstić information content (AvgIpc) is 2.28. The van der Waals surface area contributed by atoms with E-state index in [4.69, 9.17) is 4.74 Å². The molecule has 2 heterocycles. The van der Waals surface area contributed by atoms with E-state index in [0.29, 0.717) is 6.04 Å². The summed E-state index contributed by atoms with van der Waals surface area (Å²) in [4.78, 5) is 5.08. The number of nitrogens with zero attached hydrogens (tertiary/aromatic N) is 2. The Kier molecular flexibility index (Phi) is 4.38. The average molecular weight is 213 g/mol. The van der Waals surface area contributed by atoms with Crippen LogP contribution in [0.1, 0.15) is 6.92 Å². The number of rotatable bonds is 3. The van der Waals surface area contributed by atoms with Gasteiger partial charge >= 0.3 is 0 Å². The third-order valence-corrected chi connectivity index (χ3v) is 3.29. The Bertz CT molecular complexity index is 183. The Morgan fingerprint density at radius 1 is 1.13 bits per heavy atom. The number of piperazine rings is 1. The van der Waals surface area contributed by atoms with E-state index in [1.165, 1.54) is 26.2 Å². The second-order valence-electron chi connectivity index (χ2n) is 4.61. The summed E-state index contributed by atoms with van der Waals surface area (Å²) in [7, 11) is 0. The van der Waals surface area contributed by atoms with E-state index in [-0.39, 0.29) is 0 Å². The molecule has 0 amide bonds. The van der Waals surface area contributed by atoms with Crippen molar-refractivity contribution in [3.8, 4) is 0 Å². The highest BCUT2D eigenvalue weighted by atomic mass is 16.5. The van der Waals surface area contributed by atoms with Gasteiger partial charge in [-0.2, -0.15) is 0 Å². The van der Waals surface area contributed by atoms with E-state index in [9.17, 15) is 0 Å². The number of hydrogen-bond donors (Lipinski definition) is 1. The van der Waals surface area contributed by atoms with Crippen molar-refractivity contribution in [1.82, 2.24) is 15.1 Å². The summed E-state index contributed by atoms with van der Waals surface area (Å²) in [6.07, 6.45) is 0. The van der Waals surface area contributed by atoms with Crippen LogP contribution in [0.4, 0.5) is 0 Å². The highest BCUT2D eigenvalue weighted by Gasteiger charge is 2.16. The molecule has 15 heavy (non-hydrogen) atoms. The molecule has 0 radical (unpaired) electrons. The van der Waals surface area contributed by atoms with Gasteiger partial charge in [0.15, 0.2) is 0 Å². The van der Waals surface area contributed by atoms with Gasteiger partial charge in [-0.05, 0) is 6.92 Å². The van der Waals surface area contributed by atoms with Gasteiger partial charge in [0.1, 0.15) is 0 Å². The Labute approximate surface area is 92.6 Å². The zero-order valence-electron chi connectivity index (χ0n) is 9.74. The Hall–Kier alpha value is -0.160. The van der Waals surface area contributed by atoms with Gasteiger partial charge in [0.05, 0.1) is 13.2 Å². The van der Waals surface area contributed by atoms with Crippen LogP contribution in [0.25, 0.3) is 0 Å². The maximum atomic E-state index is 5.34. The Morgan fingerprint density at radius 3 is 2.60 bits per heavy atom. The van der Waals surface area contributed by atoms with Crippen LogP contribution < -0.4 is 5.32 Å². The normalized spacial score (nSPS) is 30.6. The van der Waals surface area contributed by atoms with Gasteiger partial charge in [0.25, 0.3) is 0 Å². The number of morpholine rings is 1. The second-order valence-corrected chi connectivity index (χ2v) is 4.61. The molecule has 0 spiro atoms. The molecule has 0 unspecified atom stereocenters. The number of hydrogen-bond acceptors (Lipinski definition) is 4. The fraction of sp³-hybridized carbons (Fsp3) is 1.00. The lowest BCUT2D eigenvalue weighted by atomic mass is 10.2. The second kappa shape index (κ2) is 5.80. The lowest BCUT2D eigenvalue weighted by Crippen LogP contribution is -2.51. The summed E-state index contributed by atoms with van der Waals surface area (Å²) in [5.74, 6) is 0. The summed E-state index contributed by atoms with van der Waals surface area (Å²) >= 11 is 0. The molecule has 1 N–H and O–H groups in total. The Morgan fingerprint density at radius 2 is 1.87 bits per heavy atom. The standard InChI is InChI=1S/C11H23N3O/c1-11-10-14(3-2-12-11)5-4-13-6-8-15-9-7-13/h11-12H,2-10H2,1H3/t11-/m1/s1. The van der Waals surface area contributed by atoms with Gasteiger partial charge in [-0.25, -0.2) is 0 Å². The van der Waals surface area contributed by atoms with Crippen LogP contribution in [0.3, 0.4) is 0 Å². The van der Waals surface area contributed by atoms with Crippen molar-refractivity contribution in [1.29, 1.82) is 0 Å². The minimum absolute atomic E-state index is 0.656. The molecule has 0 saturated carbocycles. The largest absolute Gasteiger partial charge is 0.379 e. The molecule has 0 bridgehead atoms. The van der Waals surface area contributed by atoms with Crippen LogP contribution in [-0.2, 0) is 4.74 Å². The van der Waals surface area contributed by atoms with Gasteiger partial charge in [0, 0.05) is 51.9 Å². The van der Waals surface area contributed by atoms with Gasteiger partial charge < -0.3 is 10.1 Å². The van der Waals surface area contributed by atoms with Crippen molar-refractivity contribution < 1.29 is 4.74 Å². The van der Waals surface area contributed by atoms with Crippen LogP contribution in [0.2, 0.25) is 0 Å². The lowest BCUT2D eigenvalue weighted by Gasteiger charge is -2.34. The Balaban J connectivity index is 1.63. The smallest absolute Gasteiger partial charge is 0.0594 e. The number of ether oxygens (including phenoxy) is 1. The topological polar surface area (TPSA) is 27.7 Å². The first-order chi connectivity index (χ1) is 7.34. The minimum atomic E-state index is 0.656. The van der Waals surface area contributed by atoms with E-state index in [1.807, 2.05) is 0 Å². The highest BCUT2D eigenvalue weighted by molar-refractivity contribution is 4.76. The monoisotopic (exact) mass is 213 g/mol. The van der Waals surface area contributed by atoms with Gasteiger partial charge in [-0.3, -0.25) is 9.80 Å². The molecule has 0 aromatic carbocycles. The van der Waals surface area contributed by atoms with E-state index < -0.39 is 0 Å². The van der Waals surface area contributed by atoms with Crippen molar-refractivity contribution in [2.45, 2.75) is 13.0 Å². The van der Waals surface area contributed by atoms with Gasteiger partial charge in [-0.1, -0.05) is 0 Å². The maximum absolute atomic E-state index is 5.34. The van der Waals surface area contributed by atoms with Crippen molar-refractivity contribution in [2.24, 2.45) is 0 Å². The summed E-state index contributed by atoms with van der Waals surface area (Å²) in [6.45, 7) is 12.3. The zero-order valence-corrected chi connectivity index (χ0v) is 9.74. The van der Waals surface area contributed by atoms with E-state index in [1.54, 1.807) is 0 Å². The fourth-order valence-corrected chi connectivity index (χ4v) is 2.32. The lowest BCUT2D eigenvalue weighted by molar-refractivity contribution is 0.0320. The molecule has 88 valence electrons. The molecular formula is C11H23N3O. The summed E-state index contributed by atoms with van der Waals surface area (Å²) in [5, 5.41) is 3.47. The first-order valence-corrected chi connectivity index (χ1v) is 6.10. The molecule has 2 saturated heterocycles. The van der Waals surface area contributed by atoms with Gasteiger partial charge in [-0.15, -0.1) is 0 Å². The SMILES string of the molecule is C[C@@H]1CN(CCN2CCOCC2)CCN1. The van der Waals surface area contributed by atoms with Crippen LogP contribution >= 0.6 is 0 Å². The zero-order chi connectivity index (χ0) is 10.5. The van der Waals surface area contributed by atoms with Crippen molar-refractivity contribution in [3.63, 3.8) is 0 Å². The third kappa shape index (κ3) is 3.72. The fourth-order valence-electron chi connectivity index (χ4n) is 2.32. The van der Waals surface area contributed by atoms with E-state index in [2.05, 4.69) is 22.0 Å². The molecule has 0 aromatic heterocycles. The van der Waals surface area contributed by atoms with Crippen LogP contribution in [0.5, 0.6) is 0 Å². The van der Waals surface area contributed by atoms with E-state index in [0.717, 1.165) is 32.8 Å². The molecule has 0 aromatic rings. The van der Waals surface area contributed by atoms with Gasteiger partial charge in [0.2, 0.25) is 0 Å². The van der Waals surface area contributed by atoms with Crippen molar-refractivity contribution in [3.05, 3.63) is 0 Å². The van der Waals surface area contributed by atoms with Crippen LogP contribution in [0, 0.1) is 0 Å². The van der Waals surface area contributed by atoms with Crippen LogP contribution in [0.15, 0.2) is 0 Å². The third-order valence-electron chi connectivity index (χ3n) is 3.29. The van der Waals surface area contributed by atoms with Crippen molar-refractivity contribution >= 4 is 0 Å². The molecule has 2 fully saturated rings. The summed E-state index contributed by atoms with van der Waals surface area (Å²) < 4.78 is 5.34. The summed E-state index contributed by atoms with van der Waals surface area (Å²) in [5.41, 5.74) is 0. The number of nitrogens with one attached hydrogen (secondary N) is 1.